The molecule has 1 aliphatic heterocycles. The van der Waals surface area contributed by atoms with Crippen LogP contribution in [0.4, 0.5) is 0 Å². The molecule has 1 aromatic rings. The molecule has 1 aliphatic rings. The van der Waals surface area contributed by atoms with E-state index in [1.54, 1.807) is 6.20 Å². The lowest BCUT2D eigenvalue weighted by molar-refractivity contribution is 0.250. The Balaban J connectivity index is 1.85. The minimum Gasteiger partial charge on any atom is -0.476 e. The van der Waals surface area contributed by atoms with Crippen LogP contribution in [0.5, 0.6) is 5.88 Å². The molecule has 0 amide bonds. The summed E-state index contributed by atoms with van der Waals surface area (Å²) in [6, 6.07) is 0. The van der Waals surface area contributed by atoms with E-state index in [0.29, 0.717) is 23.6 Å². The molecule has 2 rings (SSSR count). The van der Waals surface area contributed by atoms with Gasteiger partial charge in [0.05, 0.1) is 19.0 Å². The SMILES string of the molecule is Clc1cncc(OCC2CCNC2)n1. The summed E-state index contributed by atoms with van der Waals surface area (Å²) in [7, 11) is 0. The highest BCUT2D eigenvalue weighted by atomic mass is 35.5. The number of ether oxygens (including phenoxy) is 1. The van der Waals surface area contributed by atoms with Gasteiger partial charge in [0, 0.05) is 12.5 Å². The van der Waals surface area contributed by atoms with Crippen LogP contribution in [0.1, 0.15) is 6.42 Å². The van der Waals surface area contributed by atoms with Gasteiger partial charge in [-0.05, 0) is 13.0 Å². The Labute approximate surface area is 87.7 Å². The van der Waals surface area contributed by atoms with Crippen LogP contribution in [0.3, 0.4) is 0 Å². The summed E-state index contributed by atoms with van der Waals surface area (Å²) in [4.78, 5) is 7.89. The van der Waals surface area contributed by atoms with E-state index < -0.39 is 0 Å². The summed E-state index contributed by atoms with van der Waals surface area (Å²) in [6.07, 6.45) is 4.23. The Hall–Kier alpha value is -0.870. The first kappa shape index (κ1) is 9.68. The molecule has 1 N–H and O–H groups in total. The fraction of sp³-hybridized carbons (Fsp3) is 0.556. The maximum absolute atomic E-state index is 5.67. The minimum absolute atomic E-state index is 0.368. The second kappa shape index (κ2) is 4.57. The molecular weight excluding hydrogens is 202 g/mol. The van der Waals surface area contributed by atoms with E-state index >= 15 is 0 Å². The van der Waals surface area contributed by atoms with Gasteiger partial charge >= 0.3 is 0 Å². The molecule has 1 saturated heterocycles. The van der Waals surface area contributed by atoms with Crippen LogP contribution >= 0.6 is 11.6 Å². The number of nitrogens with one attached hydrogen (secondary N) is 1. The molecule has 2 heterocycles. The van der Waals surface area contributed by atoms with Crippen molar-refractivity contribution in [3.8, 4) is 5.88 Å². The molecule has 0 aromatic carbocycles. The van der Waals surface area contributed by atoms with E-state index in [2.05, 4.69) is 15.3 Å². The van der Waals surface area contributed by atoms with Crippen molar-refractivity contribution in [2.45, 2.75) is 6.42 Å². The Kier molecular flexibility index (Phi) is 3.16. The normalized spacial score (nSPS) is 21.1. The van der Waals surface area contributed by atoms with Gasteiger partial charge in [0.15, 0.2) is 5.15 Å². The molecule has 1 atom stereocenters. The third-order valence-corrected chi connectivity index (χ3v) is 2.39. The van der Waals surface area contributed by atoms with Crippen LogP contribution in [0, 0.1) is 5.92 Å². The van der Waals surface area contributed by atoms with Crippen molar-refractivity contribution in [2.75, 3.05) is 19.7 Å². The summed E-state index contributed by atoms with van der Waals surface area (Å²) < 4.78 is 5.47. The van der Waals surface area contributed by atoms with Crippen molar-refractivity contribution < 1.29 is 4.74 Å². The fourth-order valence-electron chi connectivity index (χ4n) is 1.46. The largest absolute Gasteiger partial charge is 0.476 e. The summed E-state index contributed by atoms with van der Waals surface area (Å²) in [5.74, 6) is 1.08. The minimum atomic E-state index is 0.368. The number of halogens is 1. The molecule has 0 bridgehead atoms. The second-order valence-electron chi connectivity index (χ2n) is 3.35. The number of nitrogens with zero attached hydrogens (tertiary/aromatic N) is 2. The lowest BCUT2D eigenvalue weighted by Gasteiger charge is -2.09. The highest BCUT2D eigenvalue weighted by Gasteiger charge is 2.15. The Morgan fingerprint density at radius 1 is 1.57 bits per heavy atom. The Morgan fingerprint density at radius 3 is 3.21 bits per heavy atom. The van der Waals surface area contributed by atoms with E-state index in [9.17, 15) is 0 Å². The monoisotopic (exact) mass is 213 g/mol. The summed E-state index contributed by atoms with van der Waals surface area (Å²) in [6.45, 7) is 2.78. The molecule has 1 fully saturated rings. The van der Waals surface area contributed by atoms with Crippen LogP contribution in [-0.4, -0.2) is 29.7 Å². The van der Waals surface area contributed by atoms with Crippen LogP contribution in [0.15, 0.2) is 12.4 Å². The third-order valence-electron chi connectivity index (χ3n) is 2.21. The number of hydrogen-bond acceptors (Lipinski definition) is 4. The molecule has 0 radical (unpaired) electrons. The van der Waals surface area contributed by atoms with Gasteiger partial charge in [-0.15, -0.1) is 0 Å². The Bertz CT molecular complexity index is 302. The lowest BCUT2D eigenvalue weighted by Crippen LogP contribution is -2.15. The lowest BCUT2D eigenvalue weighted by atomic mass is 10.1. The topological polar surface area (TPSA) is 47.0 Å². The Morgan fingerprint density at radius 2 is 2.50 bits per heavy atom. The van der Waals surface area contributed by atoms with Gasteiger partial charge in [-0.25, -0.2) is 0 Å². The van der Waals surface area contributed by atoms with E-state index in [1.807, 2.05) is 0 Å². The molecule has 1 unspecified atom stereocenters. The maximum atomic E-state index is 5.67. The zero-order chi connectivity index (χ0) is 9.80. The van der Waals surface area contributed by atoms with Crippen molar-refractivity contribution in [1.82, 2.24) is 15.3 Å². The van der Waals surface area contributed by atoms with Gasteiger partial charge < -0.3 is 10.1 Å². The second-order valence-corrected chi connectivity index (χ2v) is 3.74. The molecule has 4 nitrogen and oxygen atoms in total. The van der Waals surface area contributed by atoms with Crippen LogP contribution < -0.4 is 10.1 Å². The molecule has 0 saturated carbocycles. The van der Waals surface area contributed by atoms with Gasteiger partial charge in [-0.1, -0.05) is 11.6 Å². The van der Waals surface area contributed by atoms with E-state index in [0.717, 1.165) is 19.5 Å². The zero-order valence-electron chi connectivity index (χ0n) is 7.74. The maximum Gasteiger partial charge on any atom is 0.233 e. The molecule has 76 valence electrons. The average Bonchev–Trinajstić information content (AvgIpc) is 2.67. The van der Waals surface area contributed by atoms with Crippen LogP contribution in [-0.2, 0) is 0 Å². The number of aromatic nitrogens is 2. The van der Waals surface area contributed by atoms with Gasteiger partial charge in [0.25, 0.3) is 0 Å². The highest BCUT2D eigenvalue weighted by Crippen LogP contribution is 2.12. The van der Waals surface area contributed by atoms with E-state index in [4.69, 9.17) is 16.3 Å². The van der Waals surface area contributed by atoms with Gasteiger partial charge in [-0.3, -0.25) is 4.98 Å². The van der Waals surface area contributed by atoms with Gasteiger partial charge in [-0.2, -0.15) is 4.98 Å². The van der Waals surface area contributed by atoms with Crippen molar-refractivity contribution in [2.24, 2.45) is 5.92 Å². The van der Waals surface area contributed by atoms with E-state index in [1.165, 1.54) is 6.20 Å². The van der Waals surface area contributed by atoms with Crippen LogP contribution in [0.25, 0.3) is 0 Å². The molecule has 0 spiro atoms. The summed E-state index contributed by atoms with van der Waals surface area (Å²) in [5.41, 5.74) is 0. The van der Waals surface area contributed by atoms with Crippen molar-refractivity contribution >= 4 is 11.6 Å². The first-order valence-corrected chi connectivity index (χ1v) is 5.03. The van der Waals surface area contributed by atoms with Crippen molar-refractivity contribution in [3.05, 3.63) is 17.5 Å². The van der Waals surface area contributed by atoms with Crippen molar-refractivity contribution in [1.29, 1.82) is 0 Å². The summed E-state index contributed by atoms with van der Waals surface area (Å²) in [5, 5.41) is 3.65. The quantitative estimate of drug-likeness (QED) is 0.818. The first-order valence-electron chi connectivity index (χ1n) is 4.65. The molecule has 5 heteroatoms. The standard InChI is InChI=1S/C9H12ClN3O/c10-8-4-12-5-9(13-8)14-6-7-1-2-11-3-7/h4-5,7,11H,1-3,6H2. The van der Waals surface area contributed by atoms with Crippen LogP contribution in [0.2, 0.25) is 5.15 Å². The zero-order valence-corrected chi connectivity index (χ0v) is 8.50. The molecular formula is C9H12ClN3O. The number of hydrogen-bond donors (Lipinski definition) is 1. The fourth-order valence-corrected chi connectivity index (χ4v) is 1.59. The average molecular weight is 214 g/mol. The summed E-state index contributed by atoms with van der Waals surface area (Å²) >= 11 is 5.67. The first-order chi connectivity index (χ1) is 6.84. The molecule has 0 aliphatic carbocycles. The highest BCUT2D eigenvalue weighted by molar-refractivity contribution is 6.29. The molecule has 1 aromatic heterocycles. The van der Waals surface area contributed by atoms with Gasteiger partial charge in [0.2, 0.25) is 5.88 Å². The predicted octanol–water partition coefficient (Wildman–Crippen LogP) is 1.12. The van der Waals surface area contributed by atoms with E-state index in [-0.39, 0.29) is 0 Å². The van der Waals surface area contributed by atoms with Gasteiger partial charge in [0.1, 0.15) is 0 Å². The third kappa shape index (κ3) is 2.56. The number of rotatable bonds is 3. The molecule has 14 heavy (non-hydrogen) atoms. The smallest absolute Gasteiger partial charge is 0.233 e. The van der Waals surface area contributed by atoms with Crippen molar-refractivity contribution in [3.63, 3.8) is 0 Å². The predicted molar refractivity (Wildman–Crippen MR) is 53.5 cm³/mol.